The van der Waals surface area contributed by atoms with Crippen LogP contribution in [0.5, 0.6) is 5.88 Å². The summed E-state index contributed by atoms with van der Waals surface area (Å²) in [4.78, 5) is 53.1. The van der Waals surface area contributed by atoms with Crippen LogP contribution in [0, 0.1) is 12.8 Å². The van der Waals surface area contributed by atoms with Gasteiger partial charge >= 0.3 is 7.82 Å². The SMILES string of the molecule is CCOC(COc1cc([C@@H](C(=O)N2C[C@@H](OP(=O)(O)O)C[C@H]2C(=O)NCCc2ccc(-c3scnc3C)cc2)C(C)C)on1)OCC. The molecule has 0 bridgehead atoms. The highest BCUT2D eigenvalue weighted by Crippen LogP contribution is 2.41. The molecule has 2 aromatic heterocycles. The van der Waals surface area contributed by atoms with Crippen LogP contribution in [0.25, 0.3) is 10.4 Å². The third kappa shape index (κ3) is 10.2. The van der Waals surface area contributed by atoms with Gasteiger partial charge in [-0.05, 0) is 49.4 Å². The highest BCUT2D eigenvalue weighted by Gasteiger charge is 2.45. The summed E-state index contributed by atoms with van der Waals surface area (Å²) in [5, 5.41) is 6.83. The lowest BCUT2D eigenvalue weighted by Gasteiger charge is -2.28. The minimum atomic E-state index is -4.88. The largest absolute Gasteiger partial charge is 0.470 e. The van der Waals surface area contributed by atoms with E-state index in [4.69, 9.17) is 23.3 Å². The van der Waals surface area contributed by atoms with Crippen molar-refractivity contribution in [2.75, 3.05) is 32.9 Å². The van der Waals surface area contributed by atoms with Gasteiger partial charge < -0.3 is 38.7 Å². The molecule has 3 heterocycles. The molecule has 47 heavy (non-hydrogen) atoms. The van der Waals surface area contributed by atoms with Gasteiger partial charge in [0.25, 0.3) is 5.88 Å². The quantitative estimate of drug-likeness (QED) is 0.136. The van der Waals surface area contributed by atoms with E-state index >= 15 is 0 Å². The number of ether oxygens (including phenoxy) is 3. The van der Waals surface area contributed by atoms with Crippen LogP contribution in [0.15, 0.2) is 40.4 Å². The molecule has 0 saturated carbocycles. The van der Waals surface area contributed by atoms with E-state index in [1.807, 2.05) is 64.4 Å². The Bertz CT molecular complexity index is 1500. The predicted octanol–water partition coefficient (Wildman–Crippen LogP) is 4.06. The Kier molecular flexibility index (Phi) is 13.1. The minimum Gasteiger partial charge on any atom is -0.470 e. The molecule has 1 aliphatic rings. The number of hydrogen-bond donors (Lipinski definition) is 3. The zero-order valence-corrected chi connectivity index (χ0v) is 28.9. The molecular weight excluding hydrogens is 651 g/mol. The number of carbonyl (C=O) groups is 2. The molecule has 1 aromatic carbocycles. The van der Waals surface area contributed by atoms with Crippen LogP contribution >= 0.6 is 19.2 Å². The van der Waals surface area contributed by atoms with Crippen molar-refractivity contribution in [2.45, 2.75) is 71.8 Å². The van der Waals surface area contributed by atoms with E-state index in [1.54, 1.807) is 11.3 Å². The first kappa shape index (κ1) is 36.7. The lowest BCUT2D eigenvalue weighted by molar-refractivity contribution is -0.153. The Labute approximate surface area is 278 Å². The molecule has 0 radical (unpaired) electrons. The van der Waals surface area contributed by atoms with Gasteiger partial charge in [0.2, 0.25) is 11.8 Å². The number of aryl methyl sites for hydroxylation is 1. The van der Waals surface area contributed by atoms with E-state index in [2.05, 4.69) is 15.5 Å². The van der Waals surface area contributed by atoms with Gasteiger partial charge in [0, 0.05) is 38.8 Å². The average Bonchev–Trinajstić information content (AvgIpc) is 3.76. The first-order chi connectivity index (χ1) is 22.4. The molecule has 1 aliphatic heterocycles. The molecule has 3 aromatic rings. The molecule has 2 amide bonds. The number of carbonyl (C=O) groups excluding carboxylic acids is 2. The number of aromatic nitrogens is 2. The summed E-state index contributed by atoms with van der Waals surface area (Å²) in [5.74, 6) is -1.70. The average molecular weight is 695 g/mol. The number of nitrogens with zero attached hydrogens (tertiary/aromatic N) is 3. The first-order valence-corrected chi connectivity index (χ1v) is 17.9. The number of nitrogens with one attached hydrogen (secondary N) is 1. The van der Waals surface area contributed by atoms with Crippen LogP contribution in [0.1, 0.15) is 57.1 Å². The van der Waals surface area contributed by atoms with E-state index in [0.717, 1.165) is 21.7 Å². The van der Waals surface area contributed by atoms with Gasteiger partial charge in [-0.25, -0.2) is 9.55 Å². The van der Waals surface area contributed by atoms with Gasteiger partial charge in [-0.2, -0.15) is 0 Å². The molecule has 14 nitrogen and oxygen atoms in total. The third-order valence-electron chi connectivity index (χ3n) is 7.63. The van der Waals surface area contributed by atoms with E-state index in [0.29, 0.717) is 26.2 Å². The lowest BCUT2D eigenvalue weighted by Crippen LogP contribution is -2.48. The topological polar surface area (TPSA) is 183 Å². The summed E-state index contributed by atoms with van der Waals surface area (Å²) in [7, 11) is -4.88. The summed E-state index contributed by atoms with van der Waals surface area (Å²) < 4.78 is 38.8. The number of rotatable bonds is 17. The summed E-state index contributed by atoms with van der Waals surface area (Å²) in [5.41, 5.74) is 4.86. The number of amides is 2. The predicted molar refractivity (Wildman–Crippen MR) is 173 cm³/mol. The van der Waals surface area contributed by atoms with Crippen molar-refractivity contribution in [3.63, 3.8) is 0 Å². The number of hydrogen-bond acceptors (Lipinski definition) is 11. The Morgan fingerprint density at radius 3 is 2.47 bits per heavy atom. The smallest absolute Gasteiger partial charge is 0.469 e. The zero-order valence-electron chi connectivity index (χ0n) is 27.2. The monoisotopic (exact) mass is 694 g/mol. The molecule has 1 saturated heterocycles. The van der Waals surface area contributed by atoms with E-state index in [9.17, 15) is 23.9 Å². The second-order valence-electron chi connectivity index (χ2n) is 11.4. The maximum atomic E-state index is 14.0. The number of phosphoric acid groups is 1. The van der Waals surface area contributed by atoms with Crippen molar-refractivity contribution in [3.8, 4) is 16.3 Å². The van der Waals surface area contributed by atoms with Crippen LogP contribution in [0.4, 0.5) is 0 Å². The Morgan fingerprint density at radius 1 is 1.17 bits per heavy atom. The van der Waals surface area contributed by atoms with Crippen LogP contribution in [0.3, 0.4) is 0 Å². The van der Waals surface area contributed by atoms with Crippen molar-refractivity contribution in [2.24, 2.45) is 5.92 Å². The molecule has 258 valence electrons. The van der Waals surface area contributed by atoms with E-state index in [1.165, 1.54) is 11.0 Å². The molecule has 0 aliphatic carbocycles. The summed E-state index contributed by atoms with van der Waals surface area (Å²) in [6.45, 7) is 10.3. The van der Waals surface area contributed by atoms with E-state index in [-0.39, 0.29) is 37.1 Å². The Balaban J connectivity index is 1.43. The van der Waals surface area contributed by atoms with Gasteiger partial charge in [-0.1, -0.05) is 38.1 Å². The molecule has 0 spiro atoms. The molecule has 3 N–H and O–H groups in total. The fraction of sp³-hybridized carbons (Fsp3) is 0.548. The highest BCUT2D eigenvalue weighted by atomic mass is 32.1. The Hall–Kier alpha value is -3.17. The van der Waals surface area contributed by atoms with Gasteiger partial charge in [-0.15, -0.1) is 11.3 Å². The molecule has 3 atom stereocenters. The summed E-state index contributed by atoms with van der Waals surface area (Å²) >= 11 is 1.58. The summed E-state index contributed by atoms with van der Waals surface area (Å²) in [6, 6.07) is 8.50. The molecule has 4 rings (SSSR count). The van der Waals surface area contributed by atoms with E-state index < -0.39 is 44.0 Å². The standard InChI is InChI=1S/C31H43N4O10PS/c1-6-41-27(42-7-2)17-43-26-15-25(44-34-26)28(19(3)4)31(37)35-16-23(45-46(38,39)40)14-24(35)30(36)32-13-12-21-8-10-22(11-9-21)29-20(5)33-18-47-29/h8-11,15,18-19,23-24,27-28H,6-7,12-14,16-17H2,1-5H3,(H,32,36)(H2,38,39,40)/t23-,24-,28-/m0/s1. The fourth-order valence-corrected chi connectivity index (χ4v) is 6.83. The number of phosphoric ester groups is 1. The van der Waals surface area contributed by atoms with Gasteiger partial charge in [0.1, 0.15) is 18.6 Å². The van der Waals surface area contributed by atoms with Crippen molar-refractivity contribution < 1.29 is 47.2 Å². The molecule has 16 heteroatoms. The third-order valence-corrected chi connectivity index (χ3v) is 9.18. The number of benzene rings is 1. The second kappa shape index (κ2) is 16.8. The maximum absolute atomic E-state index is 14.0. The normalized spacial score (nSPS) is 17.4. The molecule has 1 fully saturated rings. The molecular formula is C31H43N4O10PS. The number of thiazole rings is 1. The second-order valence-corrected chi connectivity index (χ2v) is 13.5. The Morgan fingerprint density at radius 2 is 1.87 bits per heavy atom. The summed E-state index contributed by atoms with van der Waals surface area (Å²) in [6.07, 6.45) is -1.19. The number of likely N-dealkylation sites (tertiary alicyclic amines) is 1. The first-order valence-electron chi connectivity index (χ1n) is 15.5. The lowest BCUT2D eigenvalue weighted by atomic mass is 9.91. The van der Waals surface area contributed by atoms with Crippen LogP contribution in [0.2, 0.25) is 0 Å². The fourth-order valence-electron chi connectivity index (χ4n) is 5.48. The minimum absolute atomic E-state index is 0.0552. The van der Waals surface area contributed by atoms with Crippen LogP contribution in [-0.2, 0) is 34.6 Å². The van der Waals surface area contributed by atoms with Crippen molar-refractivity contribution in [3.05, 3.63) is 52.9 Å². The van der Waals surface area contributed by atoms with Crippen molar-refractivity contribution in [1.29, 1.82) is 0 Å². The van der Waals surface area contributed by atoms with Crippen LogP contribution < -0.4 is 10.1 Å². The van der Waals surface area contributed by atoms with Gasteiger partial charge in [0.05, 0.1) is 22.2 Å². The molecule has 0 unspecified atom stereocenters. The van der Waals surface area contributed by atoms with Gasteiger partial charge in [0.15, 0.2) is 12.1 Å². The van der Waals surface area contributed by atoms with Crippen molar-refractivity contribution in [1.82, 2.24) is 20.4 Å². The highest BCUT2D eigenvalue weighted by molar-refractivity contribution is 7.46. The van der Waals surface area contributed by atoms with Crippen LogP contribution in [-0.4, -0.2) is 88.0 Å². The zero-order chi connectivity index (χ0) is 34.1. The van der Waals surface area contributed by atoms with Gasteiger partial charge in [-0.3, -0.25) is 14.1 Å². The maximum Gasteiger partial charge on any atom is 0.469 e. The van der Waals surface area contributed by atoms with Crippen molar-refractivity contribution >= 4 is 31.0 Å².